The van der Waals surface area contributed by atoms with Gasteiger partial charge in [-0.15, -0.1) is 0 Å². The largest absolute Gasteiger partial charge is 0.503 e. The SMILES string of the molecule is CCOc1cc(C2C(C(=O)OC(C)C)=C(C)NC3=C2C(=O)CCC3)cc(Br)c1O. The van der Waals surface area contributed by atoms with Crippen molar-refractivity contribution in [3.05, 3.63) is 44.7 Å². The number of nitrogens with one attached hydrogen (secondary N) is 1. The van der Waals surface area contributed by atoms with E-state index in [1.807, 2.05) is 13.8 Å². The molecule has 2 N–H and O–H groups in total. The highest BCUT2D eigenvalue weighted by molar-refractivity contribution is 9.10. The van der Waals surface area contributed by atoms with E-state index in [0.29, 0.717) is 45.7 Å². The predicted molar refractivity (Wildman–Crippen MR) is 113 cm³/mol. The fourth-order valence-corrected chi connectivity index (χ4v) is 4.35. The van der Waals surface area contributed by atoms with Crippen LogP contribution in [0, 0.1) is 0 Å². The van der Waals surface area contributed by atoms with Gasteiger partial charge >= 0.3 is 5.97 Å². The lowest BCUT2D eigenvalue weighted by atomic mass is 9.75. The highest BCUT2D eigenvalue weighted by Gasteiger charge is 2.39. The number of aromatic hydroxyl groups is 1. The molecule has 1 unspecified atom stereocenters. The fourth-order valence-electron chi connectivity index (χ4n) is 3.89. The minimum absolute atomic E-state index is 0.0132. The molecule has 0 aromatic heterocycles. The molecule has 0 saturated heterocycles. The molecule has 1 atom stereocenters. The van der Waals surface area contributed by atoms with Crippen LogP contribution in [-0.4, -0.2) is 29.6 Å². The number of esters is 1. The smallest absolute Gasteiger partial charge is 0.337 e. The highest BCUT2D eigenvalue weighted by atomic mass is 79.9. The number of ether oxygens (including phenoxy) is 2. The number of Topliss-reactive ketones (excluding diaryl/α,β-unsaturated/α-hetero) is 1. The number of hydrogen-bond acceptors (Lipinski definition) is 6. The molecule has 29 heavy (non-hydrogen) atoms. The molecule has 0 amide bonds. The van der Waals surface area contributed by atoms with Gasteiger partial charge in [0.25, 0.3) is 0 Å². The van der Waals surface area contributed by atoms with Gasteiger partial charge in [0.1, 0.15) is 0 Å². The number of halogens is 1. The second kappa shape index (κ2) is 8.61. The lowest BCUT2D eigenvalue weighted by molar-refractivity contribution is -0.143. The molecule has 7 heteroatoms. The van der Waals surface area contributed by atoms with Crippen LogP contribution >= 0.6 is 15.9 Å². The van der Waals surface area contributed by atoms with Crippen molar-refractivity contribution < 1.29 is 24.2 Å². The van der Waals surface area contributed by atoms with E-state index >= 15 is 0 Å². The summed E-state index contributed by atoms with van der Waals surface area (Å²) >= 11 is 3.37. The van der Waals surface area contributed by atoms with Gasteiger partial charge in [-0.2, -0.15) is 0 Å². The first-order chi connectivity index (χ1) is 13.7. The topological polar surface area (TPSA) is 84.9 Å². The minimum atomic E-state index is -0.582. The van der Waals surface area contributed by atoms with Crippen LogP contribution in [-0.2, 0) is 14.3 Å². The Hall–Kier alpha value is -2.28. The first-order valence-electron chi connectivity index (χ1n) is 9.84. The van der Waals surface area contributed by atoms with Crippen LogP contribution < -0.4 is 10.1 Å². The number of phenolic OH excluding ortho intramolecular Hbond substituents is 1. The Labute approximate surface area is 179 Å². The maximum absolute atomic E-state index is 13.0. The second-order valence-electron chi connectivity index (χ2n) is 7.50. The highest BCUT2D eigenvalue weighted by Crippen LogP contribution is 2.46. The van der Waals surface area contributed by atoms with Gasteiger partial charge in [-0.1, -0.05) is 0 Å². The Bertz CT molecular complexity index is 916. The first kappa shape index (κ1) is 21.4. The maximum Gasteiger partial charge on any atom is 0.337 e. The van der Waals surface area contributed by atoms with E-state index < -0.39 is 11.9 Å². The Morgan fingerprint density at radius 3 is 2.72 bits per heavy atom. The van der Waals surface area contributed by atoms with E-state index in [2.05, 4.69) is 21.2 Å². The van der Waals surface area contributed by atoms with Crippen LogP contribution in [0.3, 0.4) is 0 Å². The number of carbonyl (C=O) groups is 2. The molecule has 6 nitrogen and oxygen atoms in total. The number of carbonyl (C=O) groups excluding carboxylic acids is 2. The predicted octanol–water partition coefficient (Wildman–Crippen LogP) is 4.47. The summed E-state index contributed by atoms with van der Waals surface area (Å²) in [6, 6.07) is 3.43. The molecule has 1 aliphatic carbocycles. The van der Waals surface area contributed by atoms with Crippen LogP contribution in [0.2, 0.25) is 0 Å². The standard InChI is InChI=1S/C22H26BrNO5/c1-5-28-17-10-13(9-14(23)21(17)26)19-18(22(27)29-11(2)3)12(4)24-15-7-6-8-16(25)20(15)19/h9-11,19,24,26H,5-8H2,1-4H3. The summed E-state index contributed by atoms with van der Waals surface area (Å²) in [7, 11) is 0. The summed E-state index contributed by atoms with van der Waals surface area (Å²) in [4.78, 5) is 25.9. The van der Waals surface area contributed by atoms with Crippen molar-refractivity contribution in [1.82, 2.24) is 5.32 Å². The molecule has 0 bridgehead atoms. The molecule has 1 aromatic carbocycles. The van der Waals surface area contributed by atoms with E-state index in [1.165, 1.54) is 0 Å². The molecule has 156 valence electrons. The van der Waals surface area contributed by atoms with E-state index in [9.17, 15) is 14.7 Å². The van der Waals surface area contributed by atoms with Gasteiger partial charge in [0, 0.05) is 29.3 Å². The molecule has 3 rings (SSSR count). The third-order valence-electron chi connectivity index (χ3n) is 5.02. The third-order valence-corrected chi connectivity index (χ3v) is 5.63. The van der Waals surface area contributed by atoms with Crippen molar-refractivity contribution in [2.75, 3.05) is 6.61 Å². The van der Waals surface area contributed by atoms with Crippen molar-refractivity contribution in [3.63, 3.8) is 0 Å². The van der Waals surface area contributed by atoms with Crippen LogP contribution in [0.15, 0.2) is 39.1 Å². The lowest BCUT2D eigenvalue weighted by Gasteiger charge is -2.34. The average molecular weight is 464 g/mol. The monoisotopic (exact) mass is 463 g/mol. The first-order valence-corrected chi connectivity index (χ1v) is 10.6. The summed E-state index contributed by atoms with van der Waals surface area (Å²) in [5.41, 5.74) is 3.23. The Kier molecular flexibility index (Phi) is 6.36. The molecular formula is C22H26BrNO5. The van der Waals surface area contributed by atoms with Crippen molar-refractivity contribution >= 4 is 27.7 Å². The number of dihydropyridines is 1. The summed E-state index contributed by atoms with van der Waals surface area (Å²) in [5.74, 6) is -0.729. The van der Waals surface area contributed by atoms with E-state index in [0.717, 1.165) is 18.5 Å². The number of ketones is 1. The molecule has 0 radical (unpaired) electrons. The number of hydrogen-bond donors (Lipinski definition) is 2. The summed E-state index contributed by atoms with van der Waals surface area (Å²) in [5, 5.41) is 13.6. The summed E-state index contributed by atoms with van der Waals surface area (Å²) in [6.45, 7) is 7.61. The van der Waals surface area contributed by atoms with Gasteiger partial charge in [0.2, 0.25) is 0 Å². The van der Waals surface area contributed by atoms with Crippen LogP contribution in [0.25, 0.3) is 0 Å². The van der Waals surface area contributed by atoms with E-state index in [1.54, 1.807) is 26.0 Å². The van der Waals surface area contributed by atoms with Crippen LogP contribution in [0.5, 0.6) is 11.5 Å². The lowest BCUT2D eigenvalue weighted by Crippen LogP contribution is -2.35. The van der Waals surface area contributed by atoms with Gasteiger partial charge in [0.15, 0.2) is 17.3 Å². The molecule has 1 aromatic rings. The number of rotatable bonds is 5. The maximum atomic E-state index is 13.0. The van der Waals surface area contributed by atoms with Gasteiger partial charge in [0.05, 0.1) is 22.8 Å². The number of benzene rings is 1. The quantitative estimate of drug-likeness (QED) is 0.626. The average Bonchev–Trinajstić information content (AvgIpc) is 2.63. The zero-order valence-electron chi connectivity index (χ0n) is 17.1. The zero-order valence-corrected chi connectivity index (χ0v) is 18.7. The number of phenols is 1. The van der Waals surface area contributed by atoms with Crippen molar-refractivity contribution in [2.24, 2.45) is 0 Å². The molecule has 2 aliphatic rings. The normalized spacial score (nSPS) is 19.2. The van der Waals surface area contributed by atoms with Crippen LogP contribution in [0.4, 0.5) is 0 Å². The van der Waals surface area contributed by atoms with Crippen LogP contribution in [0.1, 0.15) is 58.4 Å². The van der Waals surface area contributed by atoms with Crippen molar-refractivity contribution in [3.8, 4) is 11.5 Å². The summed E-state index contributed by atoms with van der Waals surface area (Å²) in [6.07, 6.45) is 1.69. The fraction of sp³-hybridized carbons (Fsp3) is 0.455. The van der Waals surface area contributed by atoms with E-state index in [-0.39, 0.29) is 17.6 Å². The molecule has 0 fully saturated rings. The summed E-state index contributed by atoms with van der Waals surface area (Å²) < 4.78 is 11.5. The zero-order chi connectivity index (χ0) is 21.3. The molecule has 0 saturated carbocycles. The second-order valence-corrected chi connectivity index (χ2v) is 8.36. The minimum Gasteiger partial charge on any atom is -0.503 e. The van der Waals surface area contributed by atoms with Gasteiger partial charge < -0.3 is 19.9 Å². The van der Waals surface area contributed by atoms with Gasteiger partial charge in [-0.05, 0) is 74.2 Å². The van der Waals surface area contributed by atoms with Gasteiger partial charge in [-0.25, -0.2) is 4.79 Å². The number of allylic oxidation sites excluding steroid dienone is 3. The molecule has 1 aliphatic heterocycles. The third kappa shape index (κ3) is 4.20. The van der Waals surface area contributed by atoms with Crippen molar-refractivity contribution in [2.45, 2.75) is 59.0 Å². The molecular weight excluding hydrogens is 438 g/mol. The van der Waals surface area contributed by atoms with Crippen molar-refractivity contribution in [1.29, 1.82) is 0 Å². The van der Waals surface area contributed by atoms with Gasteiger partial charge in [-0.3, -0.25) is 4.79 Å². The molecule has 0 spiro atoms. The Morgan fingerprint density at radius 1 is 1.34 bits per heavy atom. The Balaban J connectivity index is 2.21. The molecule has 1 heterocycles. The van der Waals surface area contributed by atoms with E-state index in [4.69, 9.17) is 9.47 Å². The Morgan fingerprint density at radius 2 is 2.07 bits per heavy atom.